The maximum Gasteiger partial charge on any atom is 0.338 e. The van der Waals surface area contributed by atoms with E-state index in [1.54, 1.807) is 0 Å². The smallest absolute Gasteiger partial charge is 0.338 e. The molecule has 0 fully saturated rings. The van der Waals surface area contributed by atoms with Crippen LogP contribution in [0.3, 0.4) is 0 Å². The Morgan fingerprint density at radius 3 is 1.33 bits per heavy atom. The van der Waals surface area contributed by atoms with E-state index in [2.05, 4.69) is 25.6 Å². The molecule has 0 saturated heterocycles. The third-order valence-corrected chi connectivity index (χ3v) is 6.31. The number of rotatable bonds is 10. The minimum Gasteiger partial charge on any atom is -0.504 e. The minimum atomic E-state index is -1.58. The van der Waals surface area contributed by atoms with E-state index in [4.69, 9.17) is 0 Å². The van der Waals surface area contributed by atoms with Crippen molar-refractivity contribution in [3.05, 3.63) is 23.3 Å². The predicted octanol–water partition coefficient (Wildman–Crippen LogP) is 2.36. The van der Waals surface area contributed by atoms with E-state index in [-0.39, 0.29) is 22.3 Å². The number of aromatic carboxylic acids is 2. The van der Waals surface area contributed by atoms with Gasteiger partial charge in [-0.05, 0) is 20.8 Å². The van der Waals surface area contributed by atoms with Crippen LogP contribution in [0.5, 0.6) is 34.5 Å². The number of phenolic OH excluding ortho intramolecular Hbond substituents is 6. The number of aromatic hydroxyl groups is 6. The molecule has 0 saturated carbocycles. The van der Waals surface area contributed by atoms with Crippen LogP contribution in [0.25, 0.3) is 0 Å². The number of carboxylic acids is 2. The number of aromatic nitrogens is 3. The van der Waals surface area contributed by atoms with Gasteiger partial charge in [-0.3, -0.25) is 4.48 Å². The van der Waals surface area contributed by atoms with Gasteiger partial charge in [0.05, 0.1) is 30.8 Å². The number of nitrogens with one attached hydrogen (secondary N) is 2. The molecule has 16 heteroatoms. The molecule has 3 aromatic rings. The molecule has 10 N–H and O–H groups in total. The maximum atomic E-state index is 11.8. The van der Waals surface area contributed by atoms with E-state index >= 15 is 0 Å². The number of quaternary nitrogens is 1. The summed E-state index contributed by atoms with van der Waals surface area (Å²) in [5.41, 5.74) is -2.42. The van der Waals surface area contributed by atoms with E-state index in [1.807, 2.05) is 20.8 Å². The van der Waals surface area contributed by atoms with Gasteiger partial charge in [-0.25, -0.2) is 9.59 Å². The summed E-state index contributed by atoms with van der Waals surface area (Å²) in [5, 5.41) is 84.2. The van der Waals surface area contributed by atoms with Crippen molar-refractivity contribution in [2.24, 2.45) is 0 Å². The van der Waals surface area contributed by atoms with Gasteiger partial charge in [0.25, 0.3) is 0 Å². The van der Waals surface area contributed by atoms with Crippen LogP contribution < -0.4 is 15.1 Å². The lowest BCUT2D eigenvalue weighted by molar-refractivity contribution is 0.0686. The molecule has 0 aliphatic rings. The van der Waals surface area contributed by atoms with Crippen LogP contribution >= 0.6 is 0 Å². The summed E-state index contributed by atoms with van der Waals surface area (Å²) in [7, 11) is 0. The van der Waals surface area contributed by atoms with Gasteiger partial charge in [0.1, 0.15) is 11.4 Å². The molecular weight excluding hydrogens is 520 g/mol. The average molecular weight is 548 g/mol. The molecule has 208 valence electrons. The zero-order valence-corrected chi connectivity index (χ0v) is 21.0. The normalized spacial score (nSPS) is 11.3. The first-order chi connectivity index (χ1) is 18.3. The monoisotopic (exact) mass is 547 g/mol. The summed E-state index contributed by atoms with van der Waals surface area (Å²) >= 11 is 0. The second kappa shape index (κ2) is 10.6. The zero-order chi connectivity index (χ0) is 29.2. The molecule has 2 aromatic carbocycles. The third kappa shape index (κ3) is 5.12. The summed E-state index contributed by atoms with van der Waals surface area (Å²) in [6, 6.07) is 1.39. The van der Waals surface area contributed by atoms with Gasteiger partial charge in [0, 0.05) is 12.1 Å². The maximum absolute atomic E-state index is 11.8. The molecule has 0 amide bonds. The first kappa shape index (κ1) is 28.3. The van der Waals surface area contributed by atoms with Crippen molar-refractivity contribution in [1.82, 2.24) is 19.4 Å². The Balaban J connectivity index is 2.27. The second-order valence-electron chi connectivity index (χ2n) is 8.27. The highest BCUT2D eigenvalue weighted by Gasteiger charge is 2.31. The van der Waals surface area contributed by atoms with Gasteiger partial charge < -0.3 is 51.5 Å². The number of nitrogens with zero attached hydrogens (tertiary/aromatic N) is 4. The average Bonchev–Trinajstić information content (AvgIpc) is 2.90. The fraction of sp³-hybridized carbons (Fsp3) is 0.261. The van der Waals surface area contributed by atoms with Gasteiger partial charge >= 0.3 is 17.9 Å². The SMILES string of the molecule is CC[N+](CC)(CC)c1nc(Nc2c(C(=O)O)cc(O)c(O)c2O)nc(Nc2c(C(=O)O)cc(O)c(O)c2O)n1. The predicted molar refractivity (Wildman–Crippen MR) is 137 cm³/mol. The highest BCUT2D eigenvalue weighted by molar-refractivity contribution is 5.99. The summed E-state index contributed by atoms with van der Waals surface area (Å²) in [5.74, 6) is -9.61. The second-order valence-corrected chi connectivity index (χ2v) is 8.27. The fourth-order valence-electron chi connectivity index (χ4n) is 3.89. The Morgan fingerprint density at radius 1 is 0.667 bits per heavy atom. The number of benzene rings is 2. The van der Waals surface area contributed by atoms with Crippen molar-refractivity contribution in [2.45, 2.75) is 20.8 Å². The third-order valence-electron chi connectivity index (χ3n) is 6.31. The van der Waals surface area contributed by atoms with Gasteiger partial charge in [0.2, 0.25) is 23.4 Å². The van der Waals surface area contributed by atoms with Crippen LogP contribution in [0.4, 0.5) is 29.2 Å². The number of hydrogen-bond acceptors (Lipinski definition) is 13. The van der Waals surface area contributed by atoms with Crippen molar-refractivity contribution in [2.75, 3.05) is 30.3 Å². The van der Waals surface area contributed by atoms with E-state index in [1.165, 1.54) is 0 Å². The Labute approximate surface area is 220 Å². The minimum absolute atomic E-state index is 0.112. The Hall–Kier alpha value is -5.25. The number of anilines is 4. The molecule has 0 aliphatic carbocycles. The van der Waals surface area contributed by atoms with E-state index in [9.17, 15) is 50.4 Å². The largest absolute Gasteiger partial charge is 0.504 e. The van der Waals surface area contributed by atoms with Gasteiger partial charge in [-0.2, -0.15) is 4.98 Å². The van der Waals surface area contributed by atoms with Crippen LogP contribution in [0.2, 0.25) is 0 Å². The van der Waals surface area contributed by atoms with Crippen molar-refractivity contribution in [3.63, 3.8) is 0 Å². The van der Waals surface area contributed by atoms with Crippen LogP contribution in [0.15, 0.2) is 12.1 Å². The van der Waals surface area contributed by atoms with E-state index in [0.29, 0.717) is 31.8 Å². The first-order valence-corrected chi connectivity index (χ1v) is 11.5. The van der Waals surface area contributed by atoms with Gasteiger partial charge in [-0.15, -0.1) is 9.97 Å². The quantitative estimate of drug-likeness (QED) is 0.0992. The molecule has 16 nitrogen and oxygen atoms in total. The first-order valence-electron chi connectivity index (χ1n) is 11.5. The molecule has 3 rings (SSSR count). The summed E-state index contributed by atoms with van der Waals surface area (Å²) in [4.78, 5) is 36.3. The number of hydrogen-bond donors (Lipinski definition) is 10. The van der Waals surface area contributed by atoms with Crippen LogP contribution in [-0.4, -0.2) is 87.4 Å². The summed E-state index contributed by atoms with van der Waals surface area (Å²) in [6.45, 7) is 7.01. The number of carbonyl (C=O) groups is 2. The van der Waals surface area contributed by atoms with Gasteiger partial charge in [-0.1, -0.05) is 0 Å². The van der Waals surface area contributed by atoms with Crippen molar-refractivity contribution < 1.29 is 50.4 Å². The Bertz CT molecular complexity index is 1350. The lowest BCUT2D eigenvalue weighted by Gasteiger charge is -2.32. The molecule has 0 unspecified atom stereocenters. The molecule has 0 spiro atoms. The van der Waals surface area contributed by atoms with Crippen LogP contribution in [0.1, 0.15) is 41.5 Å². The molecule has 0 radical (unpaired) electrons. The Morgan fingerprint density at radius 2 is 1.03 bits per heavy atom. The fourth-order valence-corrected chi connectivity index (χ4v) is 3.89. The lowest BCUT2D eigenvalue weighted by atomic mass is 10.1. The van der Waals surface area contributed by atoms with E-state index in [0.717, 1.165) is 0 Å². The standard InChI is InChI=1S/C23H26N6O10/c1-4-29(5-2,6-3)23-27-21(24-13-9(19(36)37)7-11(30)15(32)17(13)34)26-22(28-23)25-14-10(20(38)39)8-12(31)16(33)18(14)35/h7-8H,4-6H2,1-3H3,(H9-,24,25,26,27,28,30,31,32,33,34,35,36,37,38,39)/p+1. The van der Waals surface area contributed by atoms with Crippen molar-refractivity contribution in [1.29, 1.82) is 0 Å². The van der Waals surface area contributed by atoms with Crippen LogP contribution in [-0.2, 0) is 0 Å². The summed E-state index contributed by atoms with van der Waals surface area (Å²) in [6.07, 6.45) is 0. The molecule has 0 bridgehead atoms. The van der Waals surface area contributed by atoms with E-state index < -0.39 is 68.9 Å². The molecule has 0 atom stereocenters. The highest BCUT2D eigenvalue weighted by atomic mass is 16.4. The molecule has 1 heterocycles. The summed E-state index contributed by atoms with van der Waals surface area (Å²) < 4.78 is 0.156. The number of phenols is 6. The topological polar surface area (TPSA) is 259 Å². The zero-order valence-electron chi connectivity index (χ0n) is 21.0. The lowest BCUT2D eigenvalue weighted by Crippen LogP contribution is -2.50. The highest BCUT2D eigenvalue weighted by Crippen LogP contribution is 2.45. The van der Waals surface area contributed by atoms with Crippen molar-refractivity contribution >= 4 is 41.2 Å². The molecule has 39 heavy (non-hydrogen) atoms. The van der Waals surface area contributed by atoms with Gasteiger partial charge in [0.15, 0.2) is 23.0 Å². The van der Waals surface area contributed by atoms with Crippen LogP contribution in [0, 0.1) is 0 Å². The van der Waals surface area contributed by atoms with Crippen molar-refractivity contribution in [3.8, 4) is 34.5 Å². The molecular formula is C23H27N6O10+. The number of carboxylic acid groups (broad SMARTS) is 2. The Kier molecular flexibility index (Phi) is 7.71. The molecule has 1 aromatic heterocycles. The molecule has 0 aliphatic heterocycles.